The van der Waals surface area contributed by atoms with E-state index in [1.165, 1.54) is 10.4 Å². The second kappa shape index (κ2) is 6.87. The number of aliphatic hydroxyl groups excluding tert-OH is 2. The van der Waals surface area contributed by atoms with Crippen molar-refractivity contribution in [3.63, 3.8) is 0 Å². The van der Waals surface area contributed by atoms with E-state index in [4.69, 9.17) is 5.11 Å². The fourth-order valence-corrected chi connectivity index (χ4v) is 4.36. The van der Waals surface area contributed by atoms with Crippen LogP contribution in [-0.4, -0.2) is 42.6 Å². The summed E-state index contributed by atoms with van der Waals surface area (Å²) >= 11 is 0. The van der Waals surface area contributed by atoms with Gasteiger partial charge in [-0.15, -0.1) is 0 Å². The normalized spacial score (nSPS) is 22.1. The summed E-state index contributed by atoms with van der Waals surface area (Å²) < 4.78 is 26.9. The third kappa shape index (κ3) is 3.83. The molecule has 0 saturated carbocycles. The first-order chi connectivity index (χ1) is 9.95. The molecule has 2 atom stereocenters. The molecular formula is C15H23NO4S. The van der Waals surface area contributed by atoms with E-state index in [1.807, 2.05) is 0 Å². The van der Waals surface area contributed by atoms with Crippen molar-refractivity contribution in [2.24, 2.45) is 5.92 Å². The van der Waals surface area contributed by atoms with Crippen molar-refractivity contribution in [2.75, 3.05) is 19.7 Å². The second-order valence-electron chi connectivity index (χ2n) is 5.63. The van der Waals surface area contributed by atoms with Gasteiger partial charge in [-0.1, -0.05) is 12.1 Å². The van der Waals surface area contributed by atoms with Gasteiger partial charge >= 0.3 is 0 Å². The van der Waals surface area contributed by atoms with Gasteiger partial charge in [-0.3, -0.25) is 0 Å². The lowest BCUT2D eigenvalue weighted by Gasteiger charge is -2.31. The zero-order chi connectivity index (χ0) is 15.5. The topological polar surface area (TPSA) is 77.8 Å². The highest BCUT2D eigenvalue weighted by molar-refractivity contribution is 7.89. The Labute approximate surface area is 126 Å². The molecule has 1 aliphatic rings. The zero-order valence-electron chi connectivity index (χ0n) is 12.3. The highest BCUT2D eigenvalue weighted by Crippen LogP contribution is 2.26. The maximum atomic E-state index is 12.7. The number of rotatable bonds is 5. The Morgan fingerprint density at radius 2 is 2.19 bits per heavy atom. The van der Waals surface area contributed by atoms with Gasteiger partial charge < -0.3 is 10.2 Å². The number of hydrogen-bond donors (Lipinski definition) is 2. The van der Waals surface area contributed by atoms with Crippen molar-refractivity contribution in [1.82, 2.24) is 4.31 Å². The summed E-state index contributed by atoms with van der Waals surface area (Å²) in [5.74, 6) is 0.221. The molecule has 6 heteroatoms. The van der Waals surface area contributed by atoms with E-state index in [9.17, 15) is 13.5 Å². The molecule has 2 rings (SSSR count). The van der Waals surface area contributed by atoms with Crippen molar-refractivity contribution >= 4 is 10.0 Å². The molecule has 0 aliphatic carbocycles. The minimum Gasteiger partial charge on any atom is -0.396 e. The van der Waals surface area contributed by atoms with Crippen LogP contribution in [0.15, 0.2) is 29.2 Å². The highest BCUT2D eigenvalue weighted by Gasteiger charge is 2.30. The Morgan fingerprint density at radius 3 is 2.86 bits per heavy atom. The van der Waals surface area contributed by atoms with Crippen molar-refractivity contribution in [2.45, 2.75) is 37.2 Å². The quantitative estimate of drug-likeness (QED) is 0.864. The highest BCUT2D eigenvalue weighted by atomic mass is 32.2. The van der Waals surface area contributed by atoms with Crippen LogP contribution in [0.25, 0.3) is 0 Å². The maximum Gasteiger partial charge on any atom is 0.243 e. The lowest BCUT2D eigenvalue weighted by molar-refractivity contribution is 0.198. The van der Waals surface area contributed by atoms with E-state index in [1.54, 1.807) is 25.1 Å². The molecular weight excluding hydrogens is 290 g/mol. The van der Waals surface area contributed by atoms with Crippen LogP contribution < -0.4 is 0 Å². The van der Waals surface area contributed by atoms with Crippen LogP contribution in [0.3, 0.4) is 0 Å². The second-order valence-corrected chi connectivity index (χ2v) is 7.57. The lowest BCUT2D eigenvalue weighted by atomic mass is 9.97. The van der Waals surface area contributed by atoms with E-state index < -0.39 is 16.1 Å². The molecule has 5 nitrogen and oxygen atoms in total. The average molecular weight is 313 g/mol. The van der Waals surface area contributed by atoms with Gasteiger partial charge in [-0.2, -0.15) is 4.31 Å². The van der Waals surface area contributed by atoms with Crippen molar-refractivity contribution in [3.8, 4) is 0 Å². The standard InChI is InChI=1S/C15H23NO4S/c1-12(18)14-5-2-6-15(10-14)21(19,20)16-8-3-4-13(11-16)7-9-17/h2,5-6,10,12-13,17-18H,3-4,7-9,11H2,1H3. The average Bonchev–Trinajstić information content (AvgIpc) is 2.48. The largest absolute Gasteiger partial charge is 0.396 e. The van der Waals surface area contributed by atoms with Crippen LogP contribution in [0.4, 0.5) is 0 Å². The molecule has 0 bridgehead atoms. The van der Waals surface area contributed by atoms with Gasteiger partial charge in [0.1, 0.15) is 0 Å². The molecule has 1 aromatic carbocycles. The predicted molar refractivity (Wildman–Crippen MR) is 80.3 cm³/mol. The van der Waals surface area contributed by atoms with Crippen molar-refractivity contribution in [1.29, 1.82) is 0 Å². The van der Waals surface area contributed by atoms with Gasteiger partial charge in [-0.25, -0.2) is 8.42 Å². The predicted octanol–water partition coefficient (Wildman–Crippen LogP) is 1.52. The van der Waals surface area contributed by atoms with E-state index in [2.05, 4.69) is 0 Å². The molecule has 0 aromatic heterocycles. The van der Waals surface area contributed by atoms with Gasteiger partial charge in [0, 0.05) is 19.7 Å². The van der Waals surface area contributed by atoms with Gasteiger partial charge in [0.15, 0.2) is 0 Å². The Morgan fingerprint density at radius 1 is 1.43 bits per heavy atom. The minimum absolute atomic E-state index is 0.0933. The van der Waals surface area contributed by atoms with Gasteiger partial charge in [0.25, 0.3) is 0 Å². The lowest BCUT2D eigenvalue weighted by Crippen LogP contribution is -2.40. The molecule has 1 heterocycles. The molecule has 2 unspecified atom stereocenters. The molecule has 21 heavy (non-hydrogen) atoms. The van der Waals surface area contributed by atoms with E-state index >= 15 is 0 Å². The fraction of sp³-hybridized carbons (Fsp3) is 0.600. The van der Waals surface area contributed by atoms with E-state index in [0.717, 1.165) is 12.8 Å². The number of sulfonamides is 1. The van der Waals surface area contributed by atoms with Crippen LogP contribution in [0.1, 0.15) is 37.9 Å². The number of hydrogen-bond acceptors (Lipinski definition) is 4. The zero-order valence-corrected chi connectivity index (χ0v) is 13.1. The first-order valence-corrected chi connectivity index (χ1v) is 8.78. The molecule has 0 radical (unpaired) electrons. The van der Waals surface area contributed by atoms with E-state index in [-0.39, 0.29) is 17.4 Å². The Kier molecular flexibility index (Phi) is 5.37. The summed E-state index contributed by atoms with van der Waals surface area (Å²) in [6.07, 6.45) is 1.73. The minimum atomic E-state index is -3.53. The molecule has 1 saturated heterocycles. The number of aliphatic hydroxyl groups is 2. The van der Waals surface area contributed by atoms with Crippen LogP contribution in [-0.2, 0) is 10.0 Å². The Bertz CT molecular complexity index is 569. The first-order valence-electron chi connectivity index (χ1n) is 7.34. The molecule has 0 spiro atoms. The summed E-state index contributed by atoms with van der Waals surface area (Å²) in [4.78, 5) is 0.227. The van der Waals surface area contributed by atoms with Crippen LogP contribution >= 0.6 is 0 Å². The third-order valence-electron chi connectivity index (χ3n) is 4.00. The summed E-state index contributed by atoms with van der Waals surface area (Å²) in [5.41, 5.74) is 0.597. The summed E-state index contributed by atoms with van der Waals surface area (Å²) in [5, 5.41) is 18.6. The summed E-state index contributed by atoms with van der Waals surface area (Å²) in [7, 11) is -3.53. The first kappa shape index (κ1) is 16.4. The fourth-order valence-electron chi connectivity index (χ4n) is 2.75. The van der Waals surface area contributed by atoms with Gasteiger partial charge in [0.2, 0.25) is 10.0 Å². The monoisotopic (exact) mass is 313 g/mol. The maximum absolute atomic E-state index is 12.7. The SMILES string of the molecule is CC(O)c1cccc(S(=O)(=O)N2CCCC(CCO)C2)c1. The van der Waals surface area contributed by atoms with Gasteiger partial charge in [-0.05, 0) is 49.8 Å². The number of nitrogens with zero attached hydrogens (tertiary/aromatic N) is 1. The van der Waals surface area contributed by atoms with Crippen molar-refractivity contribution in [3.05, 3.63) is 29.8 Å². The molecule has 1 aliphatic heterocycles. The Balaban J connectivity index is 2.23. The number of piperidine rings is 1. The molecule has 2 N–H and O–H groups in total. The van der Waals surface area contributed by atoms with Crippen LogP contribution in [0, 0.1) is 5.92 Å². The Hall–Kier alpha value is -0.950. The summed E-state index contributed by atoms with van der Waals surface area (Å²) in [6.45, 7) is 2.69. The molecule has 1 aromatic rings. The van der Waals surface area contributed by atoms with Gasteiger partial charge in [0.05, 0.1) is 11.0 Å². The molecule has 0 amide bonds. The smallest absolute Gasteiger partial charge is 0.243 e. The van der Waals surface area contributed by atoms with Crippen molar-refractivity contribution < 1.29 is 18.6 Å². The third-order valence-corrected chi connectivity index (χ3v) is 5.86. The van der Waals surface area contributed by atoms with E-state index in [0.29, 0.717) is 25.1 Å². The van der Waals surface area contributed by atoms with Crippen LogP contribution in [0.5, 0.6) is 0 Å². The van der Waals surface area contributed by atoms with Crippen LogP contribution in [0.2, 0.25) is 0 Å². The number of benzene rings is 1. The summed E-state index contributed by atoms with van der Waals surface area (Å²) in [6, 6.07) is 6.48. The molecule has 1 fully saturated rings. The molecule has 118 valence electrons.